The summed E-state index contributed by atoms with van der Waals surface area (Å²) in [6, 6.07) is 11.6. The number of hydrogen-bond acceptors (Lipinski definition) is 5. The van der Waals surface area contributed by atoms with Crippen LogP contribution in [-0.4, -0.2) is 53.1 Å². The summed E-state index contributed by atoms with van der Waals surface area (Å²) in [5.74, 6) is -0.554. The highest BCUT2D eigenvalue weighted by molar-refractivity contribution is 5.94. The predicted octanol–water partition coefficient (Wildman–Crippen LogP) is 1.13. The summed E-state index contributed by atoms with van der Waals surface area (Å²) in [6.07, 6.45) is 3.68. The maximum Gasteiger partial charge on any atom is 0.255 e. The van der Waals surface area contributed by atoms with Crippen molar-refractivity contribution in [2.24, 2.45) is 11.7 Å². The molecule has 2 fully saturated rings. The van der Waals surface area contributed by atoms with Crippen molar-refractivity contribution in [3.8, 4) is 5.69 Å². The van der Waals surface area contributed by atoms with Gasteiger partial charge in [0.15, 0.2) is 0 Å². The van der Waals surface area contributed by atoms with Crippen LogP contribution in [0.3, 0.4) is 0 Å². The molecule has 4 rings (SSSR count). The van der Waals surface area contributed by atoms with Crippen LogP contribution in [0.2, 0.25) is 0 Å². The van der Waals surface area contributed by atoms with Crippen LogP contribution < -0.4 is 16.6 Å². The molecule has 1 aromatic heterocycles. The molecule has 2 unspecified atom stereocenters. The third-order valence-electron chi connectivity index (χ3n) is 6.00. The van der Waals surface area contributed by atoms with Crippen molar-refractivity contribution in [2.75, 3.05) is 25.5 Å². The first kappa shape index (κ1) is 20.3. The average Bonchev–Trinajstić information content (AvgIpc) is 3.55. The molecule has 2 atom stereocenters. The Kier molecular flexibility index (Phi) is 5.44. The van der Waals surface area contributed by atoms with E-state index in [2.05, 4.69) is 5.32 Å². The highest BCUT2D eigenvalue weighted by Gasteiger charge is 2.53. The summed E-state index contributed by atoms with van der Waals surface area (Å²) in [4.78, 5) is 39.0. The Bertz CT molecular complexity index is 997. The molecule has 3 N–H and O–H groups in total. The second kappa shape index (κ2) is 8.04. The van der Waals surface area contributed by atoms with Crippen LogP contribution >= 0.6 is 0 Å². The largest absolute Gasteiger partial charge is 0.368 e. The Hall–Kier alpha value is -2.97. The minimum Gasteiger partial charge on any atom is -0.368 e. The Balaban J connectivity index is 1.37. The van der Waals surface area contributed by atoms with E-state index in [-0.39, 0.29) is 23.3 Å². The van der Waals surface area contributed by atoms with Gasteiger partial charge in [0.05, 0.1) is 5.92 Å². The fourth-order valence-electron chi connectivity index (χ4n) is 3.98. The summed E-state index contributed by atoms with van der Waals surface area (Å²) in [5.41, 5.74) is 6.81. The number of methoxy groups -OCH3 is 1. The Morgan fingerprint density at radius 3 is 2.50 bits per heavy atom. The van der Waals surface area contributed by atoms with E-state index in [0.717, 1.165) is 12.8 Å². The number of rotatable bonds is 5. The van der Waals surface area contributed by atoms with Crippen LogP contribution in [0.4, 0.5) is 5.69 Å². The summed E-state index contributed by atoms with van der Waals surface area (Å²) in [7, 11) is 1.56. The van der Waals surface area contributed by atoms with Crippen LogP contribution in [0.25, 0.3) is 5.69 Å². The number of piperidine rings is 1. The minimum absolute atomic E-state index is 0.0222. The molecule has 0 spiro atoms. The van der Waals surface area contributed by atoms with Gasteiger partial charge in [-0.25, -0.2) is 0 Å². The van der Waals surface area contributed by atoms with Gasteiger partial charge in [-0.2, -0.15) is 0 Å². The second-order valence-corrected chi connectivity index (χ2v) is 7.95. The topological polar surface area (TPSA) is 107 Å². The smallest absolute Gasteiger partial charge is 0.255 e. The van der Waals surface area contributed by atoms with Crippen LogP contribution in [-0.2, 0) is 14.3 Å². The molecule has 0 bridgehead atoms. The Morgan fingerprint density at radius 1 is 1.17 bits per heavy atom. The lowest BCUT2D eigenvalue weighted by Gasteiger charge is -2.37. The minimum atomic E-state index is -0.669. The molecule has 1 saturated carbocycles. The van der Waals surface area contributed by atoms with Crippen LogP contribution in [0.5, 0.6) is 0 Å². The number of hydrogen-bond donors (Lipinski definition) is 2. The van der Waals surface area contributed by atoms with E-state index in [1.54, 1.807) is 54.6 Å². The Morgan fingerprint density at radius 2 is 1.90 bits per heavy atom. The first-order valence-electron chi connectivity index (χ1n) is 10.1. The van der Waals surface area contributed by atoms with Crippen molar-refractivity contribution >= 4 is 17.5 Å². The predicted molar refractivity (Wildman–Crippen MR) is 112 cm³/mol. The van der Waals surface area contributed by atoms with Crippen molar-refractivity contribution in [3.63, 3.8) is 0 Å². The van der Waals surface area contributed by atoms with Gasteiger partial charge in [0.1, 0.15) is 5.60 Å². The number of nitrogens with zero attached hydrogens (tertiary/aromatic N) is 2. The highest BCUT2D eigenvalue weighted by atomic mass is 16.5. The lowest BCUT2D eigenvalue weighted by atomic mass is 9.91. The van der Waals surface area contributed by atoms with Gasteiger partial charge in [0, 0.05) is 49.9 Å². The second-order valence-electron chi connectivity index (χ2n) is 7.95. The molecule has 8 nitrogen and oxygen atoms in total. The summed E-state index contributed by atoms with van der Waals surface area (Å²) < 4.78 is 6.90. The van der Waals surface area contributed by atoms with E-state index in [1.165, 1.54) is 10.6 Å². The highest BCUT2D eigenvalue weighted by Crippen LogP contribution is 2.41. The molecule has 1 aliphatic carbocycles. The van der Waals surface area contributed by atoms with E-state index in [0.29, 0.717) is 30.9 Å². The van der Waals surface area contributed by atoms with Crippen LogP contribution in [0, 0.1) is 5.92 Å². The van der Waals surface area contributed by atoms with Crippen molar-refractivity contribution < 1.29 is 14.3 Å². The molecule has 1 aromatic carbocycles. The molecule has 8 heteroatoms. The number of ether oxygens (including phenoxy) is 1. The summed E-state index contributed by atoms with van der Waals surface area (Å²) in [6.45, 7) is 0.837. The SMILES string of the molecule is COC1(C(=O)N2CCC(C(=O)Nc3ccc(-n4ccccc4=O)cc3)C(N)C2)CC1. The van der Waals surface area contributed by atoms with Gasteiger partial charge in [-0.15, -0.1) is 0 Å². The zero-order chi connectivity index (χ0) is 21.3. The number of nitrogens with one attached hydrogen (secondary N) is 1. The number of likely N-dealkylation sites (tertiary alicyclic amines) is 1. The first-order chi connectivity index (χ1) is 14.4. The standard InChI is InChI=1S/C22H26N4O4/c1-30-22(10-11-22)21(29)25-13-9-17(18(23)14-25)20(28)24-15-5-7-16(8-6-15)26-12-3-2-4-19(26)27/h2-8,12,17-18H,9-11,13-14,23H2,1H3,(H,24,28). The number of carbonyl (C=O) groups excluding carboxylic acids is 2. The zero-order valence-electron chi connectivity index (χ0n) is 16.9. The van der Waals surface area contributed by atoms with Gasteiger partial charge in [0.25, 0.3) is 11.5 Å². The molecule has 2 aliphatic rings. The van der Waals surface area contributed by atoms with Crippen molar-refractivity contribution in [2.45, 2.75) is 30.9 Å². The maximum atomic E-state index is 12.8. The number of anilines is 1. The summed E-state index contributed by atoms with van der Waals surface area (Å²) in [5, 5.41) is 2.90. The first-order valence-corrected chi connectivity index (χ1v) is 10.1. The number of nitrogens with two attached hydrogens (primary N) is 1. The number of carbonyl (C=O) groups is 2. The van der Waals surface area contributed by atoms with E-state index in [4.69, 9.17) is 10.5 Å². The third-order valence-corrected chi connectivity index (χ3v) is 6.00. The maximum absolute atomic E-state index is 12.8. The molecular weight excluding hydrogens is 384 g/mol. The molecule has 2 aromatic rings. The quantitative estimate of drug-likeness (QED) is 0.769. The normalized spacial score (nSPS) is 22.4. The lowest BCUT2D eigenvalue weighted by Crippen LogP contribution is -2.56. The molecule has 2 heterocycles. The molecule has 158 valence electrons. The molecule has 1 aliphatic heterocycles. The zero-order valence-corrected chi connectivity index (χ0v) is 16.9. The van der Waals surface area contributed by atoms with Gasteiger partial charge < -0.3 is 20.7 Å². The van der Waals surface area contributed by atoms with Gasteiger partial charge in [-0.3, -0.25) is 19.0 Å². The van der Waals surface area contributed by atoms with Gasteiger partial charge in [-0.1, -0.05) is 6.07 Å². The number of aromatic nitrogens is 1. The van der Waals surface area contributed by atoms with Gasteiger partial charge in [0.2, 0.25) is 5.91 Å². The van der Waals surface area contributed by atoms with Crippen LogP contribution in [0.1, 0.15) is 19.3 Å². The molecule has 0 radical (unpaired) electrons. The van der Waals surface area contributed by atoms with E-state index in [1.807, 2.05) is 0 Å². The molecular formula is C22H26N4O4. The van der Waals surface area contributed by atoms with E-state index in [9.17, 15) is 14.4 Å². The van der Waals surface area contributed by atoms with Gasteiger partial charge in [-0.05, 0) is 49.6 Å². The van der Waals surface area contributed by atoms with Crippen molar-refractivity contribution in [1.29, 1.82) is 0 Å². The molecule has 1 saturated heterocycles. The third kappa shape index (κ3) is 3.88. The Labute approximate surface area is 174 Å². The number of benzene rings is 1. The van der Waals surface area contributed by atoms with E-state index >= 15 is 0 Å². The van der Waals surface area contributed by atoms with Crippen LogP contribution in [0.15, 0.2) is 53.5 Å². The van der Waals surface area contributed by atoms with Gasteiger partial charge >= 0.3 is 0 Å². The summed E-state index contributed by atoms with van der Waals surface area (Å²) >= 11 is 0. The van der Waals surface area contributed by atoms with E-state index < -0.39 is 11.6 Å². The molecule has 30 heavy (non-hydrogen) atoms. The lowest BCUT2D eigenvalue weighted by molar-refractivity contribution is -0.147. The van der Waals surface area contributed by atoms with Crippen molar-refractivity contribution in [3.05, 3.63) is 59.0 Å². The fourth-order valence-corrected chi connectivity index (χ4v) is 3.98. The van der Waals surface area contributed by atoms with Crippen molar-refractivity contribution in [1.82, 2.24) is 9.47 Å². The average molecular weight is 410 g/mol. The number of amides is 2. The monoisotopic (exact) mass is 410 g/mol. The fraction of sp³-hybridized carbons (Fsp3) is 0.409. The molecule has 2 amide bonds. The number of pyridine rings is 1.